The Morgan fingerprint density at radius 2 is 2.33 bits per heavy atom. The highest BCUT2D eigenvalue weighted by Crippen LogP contribution is 2.16. The molecule has 0 saturated carbocycles. The Labute approximate surface area is 38.6 Å². The fourth-order valence-corrected chi connectivity index (χ4v) is 0.683. The maximum Gasteiger partial charge on any atom is 0.0963 e. The molecule has 1 nitrogen and oxygen atoms in total. The SMILES string of the molecule is C1=COPC=C1. The Morgan fingerprint density at radius 1 is 1.33 bits per heavy atom. The van der Waals surface area contributed by atoms with Crippen molar-refractivity contribution in [3.05, 3.63) is 24.2 Å². The molecule has 32 valence electrons. The molecule has 1 atom stereocenters. The van der Waals surface area contributed by atoms with Crippen molar-refractivity contribution < 1.29 is 4.52 Å². The van der Waals surface area contributed by atoms with E-state index in [1.807, 2.05) is 18.0 Å². The largest absolute Gasteiger partial charge is 0.481 e. The van der Waals surface area contributed by atoms with Crippen molar-refractivity contribution >= 4 is 8.81 Å². The predicted molar refractivity (Wildman–Crippen MR) is 27.7 cm³/mol. The number of hydrogen-bond donors (Lipinski definition) is 0. The third-order valence-electron chi connectivity index (χ3n) is 0.490. The van der Waals surface area contributed by atoms with Gasteiger partial charge in [-0.1, -0.05) is 6.08 Å². The minimum absolute atomic E-state index is 0.534. The van der Waals surface area contributed by atoms with Gasteiger partial charge in [0.1, 0.15) is 0 Å². The molecule has 1 unspecified atom stereocenters. The summed E-state index contributed by atoms with van der Waals surface area (Å²) < 4.78 is 4.83. The molecule has 0 radical (unpaired) electrons. The molecule has 0 aliphatic carbocycles. The first-order chi connectivity index (χ1) is 3.00. The quantitative estimate of drug-likeness (QED) is 0.420. The van der Waals surface area contributed by atoms with Gasteiger partial charge >= 0.3 is 0 Å². The molecule has 0 N–H and O–H groups in total. The van der Waals surface area contributed by atoms with Crippen LogP contribution in [-0.4, -0.2) is 0 Å². The molecule has 0 aromatic heterocycles. The molecule has 0 aromatic rings. The molecule has 0 aromatic carbocycles. The van der Waals surface area contributed by atoms with Crippen molar-refractivity contribution in [3.63, 3.8) is 0 Å². The topological polar surface area (TPSA) is 9.23 Å². The van der Waals surface area contributed by atoms with E-state index in [0.717, 1.165) is 0 Å². The average molecular weight is 100 g/mol. The van der Waals surface area contributed by atoms with Crippen LogP contribution in [-0.2, 0) is 4.52 Å². The Bertz CT molecular complexity index is 73.5. The number of rotatable bonds is 0. The maximum absolute atomic E-state index is 4.83. The van der Waals surface area contributed by atoms with E-state index in [4.69, 9.17) is 4.52 Å². The molecule has 6 heavy (non-hydrogen) atoms. The predicted octanol–water partition coefficient (Wildman–Crippen LogP) is 1.64. The standard InChI is InChI=1S/C4H5OP/c1-2-4-6-5-3-1/h1-4,6H. The Morgan fingerprint density at radius 3 is 2.50 bits per heavy atom. The lowest BCUT2D eigenvalue weighted by Gasteiger charge is -1.93. The van der Waals surface area contributed by atoms with E-state index in [2.05, 4.69) is 0 Å². The molecular weight excluding hydrogens is 95.0 g/mol. The van der Waals surface area contributed by atoms with Gasteiger partial charge in [-0.25, -0.2) is 0 Å². The highest BCUT2D eigenvalue weighted by atomic mass is 31.1. The summed E-state index contributed by atoms with van der Waals surface area (Å²) in [6, 6.07) is 0. The normalized spacial score (nSPS) is 21.3. The molecule has 1 heterocycles. The van der Waals surface area contributed by atoms with Crippen LogP contribution in [0.1, 0.15) is 0 Å². The molecule has 1 aliphatic heterocycles. The highest BCUT2D eigenvalue weighted by Gasteiger charge is 1.76. The lowest BCUT2D eigenvalue weighted by atomic mass is 10.6. The molecule has 1 aliphatic rings. The summed E-state index contributed by atoms with van der Waals surface area (Å²) >= 11 is 0. The van der Waals surface area contributed by atoms with Crippen LogP contribution >= 0.6 is 8.81 Å². The van der Waals surface area contributed by atoms with Gasteiger partial charge in [0.05, 0.1) is 15.1 Å². The zero-order valence-electron chi connectivity index (χ0n) is 3.22. The third kappa shape index (κ3) is 0.836. The minimum Gasteiger partial charge on any atom is -0.481 e. The van der Waals surface area contributed by atoms with E-state index < -0.39 is 0 Å². The van der Waals surface area contributed by atoms with Crippen LogP contribution in [0, 0.1) is 0 Å². The second-order valence-corrected chi connectivity index (χ2v) is 1.73. The van der Waals surface area contributed by atoms with E-state index >= 15 is 0 Å². The molecule has 1 rings (SSSR count). The van der Waals surface area contributed by atoms with Gasteiger partial charge in [0.25, 0.3) is 0 Å². The zero-order chi connectivity index (χ0) is 4.24. The Hall–Kier alpha value is -0.290. The lowest BCUT2D eigenvalue weighted by molar-refractivity contribution is 0.554. The van der Waals surface area contributed by atoms with Gasteiger partial charge in [-0.2, -0.15) is 0 Å². The summed E-state index contributed by atoms with van der Waals surface area (Å²) in [5.41, 5.74) is 0. The van der Waals surface area contributed by atoms with Crippen LogP contribution in [0.3, 0.4) is 0 Å². The molecule has 0 bridgehead atoms. The summed E-state index contributed by atoms with van der Waals surface area (Å²) in [6.45, 7) is 0. The van der Waals surface area contributed by atoms with Crippen molar-refractivity contribution in [2.45, 2.75) is 0 Å². The molecule has 0 amide bonds. The summed E-state index contributed by atoms with van der Waals surface area (Å²) in [6.07, 6.45) is 5.54. The van der Waals surface area contributed by atoms with Crippen LogP contribution in [0.15, 0.2) is 24.2 Å². The van der Waals surface area contributed by atoms with Gasteiger partial charge < -0.3 is 4.52 Å². The maximum atomic E-state index is 4.83. The first-order valence-electron chi connectivity index (χ1n) is 1.73. The van der Waals surface area contributed by atoms with E-state index in [-0.39, 0.29) is 0 Å². The van der Waals surface area contributed by atoms with Gasteiger partial charge in [0.15, 0.2) is 0 Å². The van der Waals surface area contributed by atoms with Gasteiger partial charge in [0, 0.05) is 0 Å². The van der Waals surface area contributed by atoms with Gasteiger partial charge in [0.2, 0.25) is 0 Å². The molecule has 0 fully saturated rings. The van der Waals surface area contributed by atoms with E-state index in [1.54, 1.807) is 6.26 Å². The summed E-state index contributed by atoms with van der Waals surface area (Å²) in [5.74, 6) is 1.99. The van der Waals surface area contributed by atoms with Gasteiger partial charge in [-0.05, 0) is 11.9 Å². The van der Waals surface area contributed by atoms with E-state index in [1.165, 1.54) is 0 Å². The van der Waals surface area contributed by atoms with Gasteiger partial charge in [-0.3, -0.25) is 0 Å². The lowest BCUT2D eigenvalue weighted by Crippen LogP contribution is -1.60. The summed E-state index contributed by atoms with van der Waals surface area (Å²) in [7, 11) is 0.534. The second-order valence-electron chi connectivity index (χ2n) is 0.923. The highest BCUT2D eigenvalue weighted by molar-refractivity contribution is 7.36. The Kier molecular flexibility index (Phi) is 1.29. The second kappa shape index (κ2) is 1.99. The minimum atomic E-state index is 0.534. The van der Waals surface area contributed by atoms with Crippen LogP contribution in [0.2, 0.25) is 0 Å². The van der Waals surface area contributed by atoms with E-state index in [0.29, 0.717) is 8.81 Å². The summed E-state index contributed by atoms with van der Waals surface area (Å²) in [5, 5.41) is 0. The van der Waals surface area contributed by atoms with Crippen LogP contribution in [0.25, 0.3) is 0 Å². The monoisotopic (exact) mass is 100 g/mol. The van der Waals surface area contributed by atoms with Crippen molar-refractivity contribution in [2.75, 3.05) is 0 Å². The average Bonchev–Trinajstić information content (AvgIpc) is 1.72. The molecule has 0 spiro atoms. The van der Waals surface area contributed by atoms with Gasteiger partial charge in [-0.15, -0.1) is 0 Å². The Balaban J connectivity index is 2.46. The number of hydrogen-bond acceptors (Lipinski definition) is 1. The third-order valence-corrected chi connectivity index (χ3v) is 1.09. The zero-order valence-corrected chi connectivity index (χ0v) is 4.22. The van der Waals surface area contributed by atoms with Crippen molar-refractivity contribution in [1.29, 1.82) is 0 Å². The fraction of sp³-hybridized carbons (Fsp3) is 0. The van der Waals surface area contributed by atoms with Crippen molar-refractivity contribution in [3.8, 4) is 0 Å². The molecular formula is C4H5OP. The molecule has 0 saturated heterocycles. The van der Waals surface area contributed by atoms with Crippen molar-refractivity contribution in [1.82, 2.24) is 0 Å². The molecule has 2 heteroatoms. The fourth-order valence-electron chi connectivity index (χ4n) is 0.258. The first-order valence-corrected chi connectivity index (χ1v) is 2.71. The first kappa shape index (κ1) is 3.89. The van der Waals surface area contributed by atoms with Crippen LogP contribution in [0.5, 0.6) is 0 Å². The summed E-state index contributed by atoms with van der Waals surface area (Å²) in [4.78, 5) is 0. The smallest absolute Gasteiger partial charge is 0.0963 e. The number of allylic oxidation sites excluding steroid dienone is 2. The van der Waals surface area contributed by atoms with Crippen LogP contribution < -0.4 is 0 Å². The van der Waals surface area contributed by atoms with Crippen molar-refractivity contribution in [2.24, 2.45) is 0 Å². The van der Waals surface area contributed by atoms with E-state index in [9.17, 15) is 0 Å². The van der Waals surface area contributed by atoms with Crippen LogP contribution in [0.4, 0.5) is 0 Å².